The molecule has 0 saturated carbocycles. The molecule has 0 saturated heterocycles. The monoisotopic (exact) mass is 379 g/mol. The number of halogens is 4. The van der Waals surface area contributed by atoms with Crippen molar-refractivity contribution in [2.75, 3.05) is 6.61 Å². The van der Waals surface area contributed by atoms with Crippen molar-refractivity contribution >= 4 is 22.5 Å². The second-order valence-electron chi connectivity index (χ2n) is 6.25. The van der Waals surface area contributed by atoms with Crippen LogP contribution in [-0.2, 0) is 6.42 Å². The summed E-state index contributed by atoms with van der Waals surface area (Å²) in [6.07, 6.45) is -1.03. The van der Waals surface area contributed by atoms with E-state index in [1.54, 1.807) is 18.4 Å². The van der Waals surface area contributed by atoms with Gasteiger partial charge in [-0.3, -0.25) is 0 Å². The van der Waals surface area contributed by atoms with E-state index < -0.39 is 28.2 Å². The molecule has 2 nitrogen and oxygen atoms in total. The van der Waals surface area contributed by atoms with E-state index in [0.717, 1.165) is 23.0 Å². The normalized spacial score (nSPS) is 21.6. The summed E-state index contributed by atoms with van der Waals surface area (Å²) < 4.78 is 38.1. The Morgan fingerprint density at radius 1 is 1.29 bits per heavy atom. The predicted octanol–water partition coefficient (Wildman–Crippen LogP) is 4.71. The van der Waals surface area contributed by atoms with E-state index in [1.165, 1.54) is 5.41 Å². The van der Waals surface area contributed by atoms with E-state index >= 15 is 0 Å². The molecule has 0 aliphatic carbocycles. The maximum absolute atomic E-state index is 12.7. The van der Waals surface area contributed by atoms with Crippen LogP contribution in [0.3, 0.4) is 0 Å². The first-order valence-electron chi connectivity index (χ1n) is 7.56. The fraction of sp³-hybridized carbons (Fsp3) is 0.412. The molecule has 3 N–H and O–H groups in total. The average Bonchev–Trinajstić information content (AvgIpc) is 2.99. The van der Waals surface area contributed by atoms with Gasteiger partial charge in [0.25, 0.3) is 0 Å². The van der Waals surface area contributed by atoms with Crippen molar-refractivity contribution in [3.63, 3.8) is 0 Å². The first-order chi connectivity index (χ1) is 11.1. The summed E-state index contributed by atoms with van der Waals surface area (Å²) in [5, 5.41) is 12.6. The minimum absolute atomic E-state index is 0.0792. The van der Waals surface area contributed by atoms with Crippen molar-refractivity contribution in [3.8, 4) is 0 Å². The smallest absolute Gasteiger partial charge is 0.394 e. The second-order valence-corrected chi connectivity index (χ2v) is 8.54. The summed E-state index contributed by atoms with van der Waals surface area (Å²) in [5.41, 5.74) is 5.62. The molecule has 0 spiro atoms. The van der Waals surface area contributed by atoms with Gasteiger partial charge in [-0.25, -0.2) is 0 Å². The van der Waals surface area contributed by atoms with Crippen molar-refractivity contribution < 1.29 is 18.3 Å². The second kappa shape index (κ2) is 7.52. The lowest BCUT2D eigenvalue weighted by molar-refractivity contribution is -0.0878. The lowest BCUT2D eigenvalue weighted by Crippen LogP contribution is -2.40. The largest absolute Gasteiger partial charge is 0.416 e. The third-order valence-electron chi connectivity index (χ3n) is 3.91. The highest BCUT2D eigenvalue weighted by atomic mass is 35.5. The van der Waals surface area contributed by atoms with Crippen LogP contribution in [0.2, 0.25) is 5.02 Å². The molecule has 2 atom stereocenters. The molecule has 1 aromatic carbocycles. The Labute approximate surface area is 147 Å². The number of nitrogens with two attached hydrogens (primary N) is 1. The zero-order valence-corrected chi connectivity index (χ0v) is 14.9. The van der Waals surface area contributed by atoms with Gasteiger partial charge >= 0.3 is 6.18 Å². The summed E-state index contributed by atoms with van der Waals surface area (Å²) in [7, 11) is -1.11. The molecule has 24 heavy (non-hydrogen) atoms. The third-order valence-corrected chi connectivity index (χ3v) is 6.16. The van der Waals surface area contributed by atoms with E-state index in [-0.39, 0.29) is 6.61 Å². The number of hydrogen-bond acceptors (Lipinski definition) is 2. The molecule has 0 aromatic heterocycles. The average molecular weight is 380 g/mol. The Bertz CT molecular complexity index is 656. The molecule has 134 valence electrons. The quantitative estimate of drug-likeness (QED) is 0.627. The molecule has 1 aliphatic rings. The summed E-state index contributed by atoms with van der Waals surface area (Å²) in [4.78, 5) is 0.799. The molecule has 2 unspecified atom stereocenters. The van der Waals surface area contributed by atoms with Crippen LogP contribution in [0.15, 0.2) is 45.6 Å². The molecule has 0 amide bonds. The maximum Gasteiger partial charge on any atom is 0.416 e. The molecule has 0 radical (unpaired) electrons. The number of aliphatic hydroxyl groups excluding tert-OH is 1. The van der Waals surface area contributed by atoms with Crippen LogP contribution in [0.1, 0.15) is 25.3 Å². The molecule has 7 heteroatoms. The van der Waals surface area contributed by atoms with Gasteiger partial charge in [-0.2, -0.15) is 24.1 Å². The summed E-state index contributed by atoms with van der Waals surface area (Å²) in [5.74, 6) is 0. The molecular formula is C17H21ClF3NOS. The van der Waals surface area contributed by atoms with Crippen LogP contribution < -0.4 is 5.73 Å². The highest BCUT2D eigenvalue weighted by Gasteiger charge is 2.34. The predicted molar refractivity (Wildman–Crippen MR) is 94.6 cm³/mol. The third kappa shape index (κ3) is 5.02. The minimum atomic E-state index is -4.31. The van der Waals surface area contributed by atoms with Crippen LogP contribution in [0, 0.1) is 0 Å². The first-order valence-corrected chi connectivity index (χ1v) is 9.42. The van der Waals surface area contributed by atoms with Gasteiger partial charge < -0.3 is 10.8 Å². The highest BCUT2D eigenvalue weighted by molar-refractivity contribution is 8.22. The molecule has 2 rings (SSSR count). The van der Waals surface area contributed by atoms with Crippen molar-refractivity contribution in [1.29, 1.82) is 0 Å². The van der Waals surface area contributed by atoms with Crippen LogP contribution in [-0.4, -0.2) is 23.4 Å². The number of hydrogen-bond donors (Lipinski definition) is 3. The molecule has 1 aliphatic heterocycles. The molecule has 0 fully saturated rings. The van der Waals surface area contributed by atoms with Crippen molar-refractivity contribution in [3.05, 3.63) is 51.3 Å². The van der Waals surface area contributed by atoms with Gasteiger partial charge in [0.05, 0.1) is 12.2 Å². The number of thiol groups is 1. The molecular weight excluding hydrogens is 359 g/mol. The van der Waals surface area contributed by atoms with Gasteiger partial charge in [0, 0.05) is 10.6 Å². The zero-order chi connectivity index (χ0) is 18.0. The van der Waals surface area contributed by atoms with Gasteiger partial charge in [-0.15, -0.1) is 0 Å². The Kier molecular flexibility index (Phi) is 6.07. The van der Waals surface area contributed by atoms with Crippen LogP contribution in [0.4, 0.5) is 13.2 Å². The summed E-state index contributed by atoms with van der Waals surface area (Å²) in [6.45, 7) is 1.71. The van der Waals surface area contributed by atoms with E-state index in [4.69, 9.17) is 22.4 Å². The van der Waals surface area contributed by atoms with E-state index in [1.807, 2.05) is 12.1 Å². The van der Waals surface area contributed by atoms with Crippen LogP contribution in [0.25, 0.3) is 0 Å². The fourth-order valence-electron chi connectivity index (χ4n) is 2.39. The zero-order valence-electron chi connectivity index (χ0n) is 13.3. The SMILES string of the molecule is CC(N)(CO)CCCc1ccc([SH]2C=CC(C(F)(F)F)=C2)cc1Cl. The Morgan fingerprint density at radius 3 is 2.54 bits per heavy atom. The van der Waals surface area contributed by atoms with E-state index in [0.29, 0.717) is 17.9 Å². The van der Waals surface area contributed by atoms with Gasteiger partial charge in [0.1, 0.15) is 0 Å². The van der Waals surface area contributed by atoms with Crippen molar-refractivity contribution in [2.45, 2.75) is 42.8 Å². The standard InChI is InChI=1S/C17H21ClF3NOS/c1-16(22,11-23)7-2-3-12-4-5-14(9-15(12)18)24-8-6-13(10-24)17(19,20)21/h4-6,8-10,23-24H,2-3,7,11,22H2,1H3. The van der Waals surface area contributed by atoms with E-state index in [2.05, 4.69) is 0 Å². The number of aliphatic hydroxyl groups is 1. The Hall–Kier alpha value is -0.950. The van der Waals surface area contributed by atoms with Crippen LogP contribution in [0.5, 0.6) is 0 Å². The van der Waals surface area contributed by atoms with Gasteiger partial charge in [-0.05, 0) is 65.7 Å². The number of aryl methyl sites for hydroxylation is 1. The van der Waals surface area contributed by atoms with Crippen LogP contribution >= 0.6 is 22.5 Å². The number of rotatable bonds is 6. The lowest BCUT2D eigenvalue weighted by Gasteiger charge is -2.21. The van der Waals surface area contributed by atoms with Crippen molar-refractivity contribution in [2.24, 2.45) is 5.73 Å². The summed E-state index contributed by atoms with van der Waals surface area (Å²) in [6, 6.07) is 5.44. The fourth-order valence-corrected chi connectivity index (χ4v) is 4.52. The topological polar surface area (TPSA) is 46.2 Å². The first kappa shape index (κ1) is 19.4. The van der Waals surface area contributed by atoms with Gasteiger partial charge in [0.2, 0.25) is 0 Å². The number of alkyl halides is 3. The maximum atomic E-state index is 12.7. The summed E-state index contributed by atoms with van der Waals surface area (Å²) >= 11 is 6.28. The lowest BCUT2D eigenvalue weighted by atomic mass is 9.95. The van der Waals surface area contributed by atoms with Gasteiger partial charge in [-0.1, -0.05) is 17.7 Å². The van der Waals surface area contributed by atoms with Gasteiger partial charge in [0.15, 0.2) is 0 Å². The molecule has 1 aromatic rings. The van der Waals surface area contributed by atoms with Crippen molar-refractivity contribution in [1.82, 2.24) is 0 Å². The molecule has 0 bridgehead atoms. The number of benzene rings is 1. The Balaban J connectivity index is 2.03. The minimum Gasteiger partial charge on any atom is -0.394 e. The highest BCUT2D eigenvalue weighted by Crippen LogP contribution is 2.48. The Morgan fingerprint density at radius 2 is 2.00 bits per heavy atom. The number of allylic oxidation sites excluding steroid dienone is 2. The van der Waals surface area contributed by atoms with E-state index in [9.17, 15) is 13.2 Å². The molecule has 1 heterocycles.